The minimum Gasteiger partial charge on any atom is -0.312 e. The third-order valence-corrected chi connectivity index (χ3v) is 5.14. The first kappa shape index (κ1) is 17.0. The summed E-state index contributed by atoms with van der Waals surface area (Å²) in [7, 11) is -0.377. The van der Waals surface area contributed by atoms with Gasteiger partial charge in [-0.2, -0.15) is 11.1 Å². The van der Waals surface area contributed by atoms with Gasteiger partial charge in [-0.05, 0) is 0 Å². The molecule has 0 spiro atoms. The van der Waals surface area contributed by atoms with Crippen LogP contribution in [-0.4, -0.2) is 26.7 Å². The van der Waals surface area contributed by atoms with Gasteiger partial charge in [0.2, 0.25) is 0 Å². The van der Waals surface area contributed by atoms with Crippen molar-refractivity contribution in [3.8, 4) is 0 Å². The Morgan fingerprint density at radius 1 is 1.06 bits per heavy atom. The van der Waals surface area contributed by atoms with Gasteiger partial charge in [-0.1, -0.05) is 52.9 Å². The molecular weight excluding hydrogens is 245 g/mol. The second kappa shape index (κ2) is 8.17. The Kier molecular flexibility index (Phi) is 8.18. The van der Waals surface area contributed by atoms with Crippen LogP contribution in [0.4, 0.5) is 0 Å². The number of allylic oxidation sites excluding steroid dienone is 2. The van der Waals surface area contributed by atoms with Crippen molar-refractivity contribution in [3.63, 3.8) is 0 Å². The first-order valence-electron chi connectivity index (χ1n) is 6.51. The number of rotatable bonds is 3. The van der Waals surface area contributed by atoms with Crippen molar-refractivity contribution in [1.82, 2.24) is 5.32 Å². The molecule has 0 unspecified atom stereocenters. The van der Waals surface area contributed by atoms with Crippen LogP contribution < -0.4 is 5.32 Å². The van der Waals surface area contributed by atoms with Gasteiger partial charge in [-0.15, -0.1) is 12.0 Å². The van der Waals surface area contributed by atoms with E-state index < -0.39 is 7.38 Å². The monoisotopic (exact) mass is 271 g/mol. The van der Waals surface area contributed by atoms with Gasteiger partial charge in [0, 0.05) is 17.6 Å². The fourth-order valence-corrected chi connectivity index (χ4v) is 3.34. The first-order chi connectivity index (χ1) is 7.73. The molecule has 0 aromatic carbocycles. The van der Waals surface area contributed by atoms with E-state index in [4.69, 9.17) is 11.1 Å². The molecule has 0 atom stereocenters. The van der Waals surface area contributed by atoms with Crippen LogP contribution in [0.3, 0.4) is 0 Å². The summed E-state index contributed by atoms with van der Waals surface area (Å²) < 4.78 is 0. The van der Waals surface area contributed by atoms with Crippen molar-refractivity contribution >= 4 is 25.7 Å². The number of halogens is 1. The van der Waals surface area contributed by atoms with E-state index in [1.165, 1.54) is 0 Å². The maximum atomic E-state index is 6.25. The summed E-state index contributed by atoms with van der Waals surface area (Å²) in [6.45, 7) is 13.0. The van der Waals surface area contributed by atoms with Crippen LogP contribution in [0.2, 0.25) is 18.6 Å². The fourth-order valence-electron chi connectivity index (χ4n) is 1.72. The molecule has 0 aliphatic carbocycles. The van der Waals surface area contributed by atoms with E-state index >= 15 is 0 Å². The average molecular weight is 272 g/mol. The number of hydrogen-bond acceptors (Lipinski definition) is 1. The van der Waals surface area contributed by atoms with Gasteiger partial charge >= 0.3 is 0 Å². The van der Waals surface area contributed by atoms with Crippen molar-refractivity contribution in [2.75, 3.05) is 0 Å². The van der Waals surface area contributed by atoms with Gasteiger partial charge in [0.15, 0.2) is 14.7 Å². The predicted molar refractivity (Wildman–Crippen MR) is 85.9 cm³/mol. The van der Waals surface area contributed by atoms with E-state index in [0.29, 0.717) is 17.6 Å². The molecule has 0 fully saturated rings. The third-order valence-electron chi connectivity index (χ3n) is 2.42. The van der Waals surface area contributed by atoms with Crippen molar-refractivity contribution in [2.45, 2.75) is 58.4 Å². The molecule has 0 radical (unpaired) electrons. The Morgan fingerprint density at radius 3 is 1.65 bits per heavy atom. The first-order valence-corrected chi connectivity index (χ1v) is 10.6. The second-order valence-electron chi connectivity index (χ2n) is 5.66. The zero-order valence-electron chi connectivity index (χ0n) is 12.1. The number of hydrogen-bond donors (Lipinski definition) is 1. The summed E-state index contributed by atoms with van der Waals surface area (Å²) in [5.41, 5.74) is 0.544. The maximum Gasteiger partial charge on any atom is 0.172 e. The minimum atomic E-state index is -1.46. The zero-order chi connectivity index (χ0) is 13.5. The molecule has 4 heteroatoms. The third kappa shape index (κ3) is 9.69. The molecule has 0 bridgehead atoms. The highest BCUT2D eigenvalue weighted by atomic mass is 35.6. The van der Waals surface area contributed by atoms with Gasteiger partial charge in [0.1, 0.15) is 0 Å². The maximum absolute atomic E-state index is 6.25. The van der Waals surface area contributed by atoms with Crippen molar-refractivity contribution in [3.05, 3.63) is 24.1 Å². The van der Waals surface area contributed by atoms with Crippen molar-refractivity contribution in [2.24, 2.45) is 0 Å². The van der Waals surface area contributed by atoms with Crippen molar-refractivity contribution in [1.29, 1.82) is 0 Å². The Labute approximate surface area is 114 Å². The molecule has 1 N–H and O–H groups in total. The lowest BCUT2D eigenvalue weighted by Crippen LogP contribution is -2.29. The summed E-state index contributed by atoms with van der Waals surface area (Å²) in [6.07, 6.45) is 4.47. The van der Waals surface area contributed by atoms with E-state index in [9.17, 15) is 0 Å². The summed E-state index contributed by atoms with van der Waals surface area (Å²) >= 11 is 6.25. The van der Waals surface area contributed by atoms with Crippen LogP contribution in [-0.2, 0) is 0 Å². The molecule has 0 saturated carbocycles. The zero-order valence-corrected chi connectivity index (χ0v) is 13.9. The second-order valence-corrected chi connectivity index (χ2v) is 12.4. The summed E-state index contributed by atoms with van der Waals surface area (Å²) in [6, 6.07) is 1.25. The molecular formula is C13H27BClNSi. The molecule has 0 saturated heterocycles. The van der Waals surface area contributed by atoms with Gasteiger partial charge in [0.05, 0.1) is 0 Å². The van der Waals surface area contributed by atoms with E-state index in [2.05, 4.69) is 70.2 Å². The molecule has 17 heavy (non-hydrogen) atoms. The standard InChI is InChI=1S/C7H12BClSi.C6H15N/c1-10(2,9)7-3-5-8-6-4-7;1-5(2)7-6(3)4/h3-8H,1-2H3;5-7H,1-4H3. The van der Waals surface area contributed by atoms with Crippen LogP contribution >= 0.6 is 11.1 Å². The van der Waals surface area contributed by atoms with E-state index in [0.717, 1.165) is 7.28 Å². The molecule has 0 amide bonds. The SMILES string of the molecule is CC(C)NC(C)C.C[Si](C)(Cl)C1C=CBC=C1. The number of nitrogens with one attached hydrogen (secondary N) is 1. The lowest BCUT2D eigenvalue weighted by Gasteiger charge is -2.21. The van der Waals surface area contributed by atoms with Gasteiger partial charge in [-0.3, -0.25) is 0 Å². The molecule has 1 rings (SSSR count). The Hall–Kier alpha value is 0.0118. The van der Waals surface area contributed by atoms with Gasteiger partial charge < -0.3 is 5.32 Å². The predicted octanol–water partition coefficient (Wildman–Crippen LogP) is 3.67. The lowest BCUT2D eigenvalue weighted by atomic mass is 9.75. The Morgan fingerprint density at radius 2 is 1.47 bits per heavy atom. The van der Waals surface area contributed by atoms with Crippen LogP contribution in [0.25, 0.3) is 0 Å². The summed E-state index contributed by atoms with van der Waals surface area (Å²) in [4.78, 5) is 0. The van der Waals surface area contributed by atoms with Crippen LogP contribution in [0.5, 0.6) is 0 Å². The molecule has 0 aromatic rings. The molecule has 1 aliphatic heterocycles. The molecule has 1 aliphatic rings. The molecule has 1 heterocycles. The average Bonchev–Trinajstić information content (AvgIpc) is 2.16. The van der Waals surface area contributed by atoms with Gasteiger partial charge in [0.25, 0.3) is 0 Å². The van der Waals surface area contributed by atoms with E-state index in [-0.39, 0.29) is 0 Å². The normalized spacial score (nSPS) is 15.8. The Bertz CT molecular complexity index is 239. The molecule has 1 nitrogen and oxygen atoms in total. The van der Waals surface area contributed by atoms with Crippen LogP contribution in [0.1, 0.15) is 27.7 Å². The minimum absolute atomic E-state index is 0.544. The highest BCUT2D eigenvalue weighted by Gasteiger charge is 2.25. The fraction of sp³-hybridized carbons (Fsp3) is 0.692. The highest BCUT2D eigenvalue weighted by Crippen LogP contribution is 2.29. The van der Waals surface area contributed by atoms with Crippen LogP contribution in [0, 0.1) is 0 Å². The van der Waals surface area contributed by atoms with Crippen LogP contribution in [0.15, 0.2) is 24.1 Å². The van der Waals surface area contributed by atoms with E-state index in [1.54, 1.807) is 0 Å². The highest BCUT2D eigenvalue weighted by molar-refractivity contribution is 7.20. The summed E-state index contributed by atoms with van der Waals surface area (Å²) in [5, 5.41) is 3.31. The molecule has 98 valence electrons. The summed E-state index contributed by atoms with van der Waals surface area (Å²) in [5.74, 6) is 4.39. The smallest absolute Gasteiger partial charge is 0.172 e. The van der Waals surface area contributed by atoms with Crippen molar-refractivity contribution < 1.29 is 0 Å². The largest absolute Gasteiger partial charge is 0.312 e. The van der Waals surface area contributed by atoms with E-state index in [1.807, 2.05) is 0 Å². The van der Waals surface area contributed by atoms with Gasteiger partial charge in [-0.25, -0.2) is 0 Å². The molecule has 0 aromatic heterocycles. The topological polar surface area (TPSA) is 12.0 Å². The Balaban J connectivity index is 0.000000325. The lowest BCUT2D eigenvalue weighted by molar-refractivity contribution is 0.518. The quantitative estimate of drug-likeness (QED) is 0.610.